The van der Waals surface area contributed by atoms with Gasteiger partial charge >= 0.3 is 0 Å². The molecule has 0 aliphatic carbocycles. The molecular weight excluding hydrogens is 234 g/mol. The second-order valence-electron chi connectivity index (χ2n) is 6.12. The molecule has 0 saturated heterocycles. The van der Waals surface area contributed by atoms with Crippen molar-refractivity contribution in [1.82, 2.24) is 5.32 Å². The van der Waals surface area contributed by atoms with Crippen LogP contribution in [0, 0.1) is 0 Å². The van der Waals surface area contributed by atoms with Gasteiger partial charge in [0.25, 0.3) is 5.91 Å². The van der Waals surface area contributed by atoms with Gasteiger partial charge in [0.2, 0.25) is 0 Å². The highest BCUT2D eigenvalue weighted by atomic mass is 32.1. The molecule has 0 unspecified atom stereocenters. The lowest BCUT2D eigenvalue weighted by Crippen LogP contribution is -2.46. The van der Waals surface area contributed by atoms with Crippen molar-refractivity contribution in [2.75, 3.05) is 0 Å². The highest BCUT2D eigenvalue weighted by Crippen LogP contribution is 2.14. The van der Waals surface area contributed by atoms with Crippen molar-refractivity contribution in [2.45, 2.75) is 46.0 Å². The maximum atomic E-state index is 12.1. The summed E-state index contributed by atoms with van der Waals surface area (Å²) < 4.78 is 0. The van der Waals surface area contributed by atoms with E-state index in [0.29, 0.717) is 0 Å². The first kappa shape index (κ1) is 13.5. The number of carbonyl (C=O) groups excluding carboxylic acids is 1. The summed E-state index contributed by atoms with van der Waals surface area (Å²) in [5, 5.41) is 6.31. The molecule has 0 bridgehead atoms. The van der Waals surface area contributed by atoms with E-state index in [4.69, 9.17) is 0 Å². The molecule has 0 atom stereocenters. The largest absolute Gasteiger partial charge is 0.347 e. The molecule has 1 rings (SSSR count). The van der Waals surface area contributed by atoms with Crippen LogP contribution >= 0.6 is 11.3 Å². The summed E-state index contributed by atoms with van der Waals surface area (Å²) >= 11 is 1.55. The molecule has 0 aliphatic rings. The van der Waals surface area contributed by atoms with Gasteiger partial charge in [-0.05, 0) is 31.3 Å². The third kappa shape index (κ3) is 3.45. The van der Waals surface area contributed by atoms with Crippen LogP contribution in [-0.4, -0.2) is 19.5 Å². The predicted octanol–water partition coefficient (Wildman–Crippen LogP) is 2.82. The zero-order valence-corrected chi connectivity index (χ0v) is 12.8. The Kier molecular flexibility index (Phi) is 3.64. The van der Waals surface area contributed by atoms with Gasteiger partial charge in [0.05, 0.1) is 13.0 Å². The van der Waals surface area contributed by atoms with Gasteiger partial charge in [-0.1, -0.05) is 25.7 Å². The Morgan fingerprint density at radius 1 is 1.31 bits per heavy atom. The van der Waals surface area contributed by atoms with E-state index in [-0.39, 0.29) is 11.4 Å². The Hall–Kier alpha value is -0.613. The van der Waals surface area contributed by atoms with Crippen LogP contribution in [0.1, 0.15) is 30.4 Å². The molecule has 4 heteroatoms. The van der Waals surface area contributed by atoms with Crippen LogP contribution < -0.4 is 10.5 Å². The summed E-state index contributed by atoms with van der Waals surface area (Å²) in [5.74, 6) is 0.0694. The average Bonchev–Trinajstić information content (AvgIpc) is 2.45. The van der Waals surface area contributed by atoms with Gasteiger partial charge in [0.15, 0.2) is 0 Å². The molecule has 0 aromatic carbocycles. The minimum Gasteiger partial charge on any atom is -0.347 e. The van der Waals surface area contributed by atoms with E-state index < -0.39 is 8.07 Å². The lowest BCUT2D eigenvalue weighted by Gasteiger charge is -2.22. The molecule has 0 saturated carbocycles. The molecule has 1 aromatic heterocycles. The number of thiophene rings is 1. The van der Waals surface area contributed by atoms with Gasteiger partial charge in [-0.25, -0.2) is 0 Å². The normalized spacial score (nSPS) is 12.6. The molecule has 0 aliphatic heterocycles. The molecule has 0 fully saturated rings. The minimum atomic E-state index is -1.41. The Bertz CT molecular complexity index is 384. The molecule has 0 spiro atoms. The van der Waals surface area contributed by atoms with E-state index in [1.807, 2.05) is 26.2 Å². The Labute approximate surface area is 103 Å². The number of nitrogens with one attached hydrogen (secondary N) is 1. The zero-order valence-electron chi connectivity index (χ0n) is 11.0. The van der Waals surface area contributed by atoms with Crippen LogP contribution in [0.25, 0.3) is 0 Å². The van der Waals surface area contributed by atoms with Gasteiger partial charge in [-0.3, -0.25) is 4.79 Å². The van der Waals surface area contributed by atoms with E-state index in [2.05, 4.69) is 31.0 Å². The van der Waals surface area contributed by atoms with E-state index in [1.165, 1.54) is 5.19 Å². The summed E-state index contributed by atoms with van der Waals surface area (Å²) in [5.41, 5.74) is -0.169. The van der Waals surface area contributed by atoms with Gasteiger partial charge in [0.1, 0.15) is 0 Å². The van der Waals surface area contributed by atoms with Crippen LogP contribution in [0.15, 0.2) is 11.4 Å². The van der Waals surface area contributed by atoms with Crippen LogP contribution in [0.3, 0.4) is 0 Å². The lowest BCUT2D eigenvalue weighted by atomic mass is 10.1. The molecule has 0 radical (unpaired) electrons. The third-order valence-corrected chi connectivity index (χ3v) is 5.30. The second-order valence-corrected chi connectivity index (χ2v) is 12.1. The Balaban J connectivity index is 2.98. The maximum absolute atomic E-state index is 12.1. The number of hydrogen-bond acceptors (Lipinski definition) is 2. The van der Waals surface area contributed by atoms with Crippen molar-refractivity contribution < 1.29 is 4.79 Å². The SMILES string of the molecule is CC(C)(C)NC(=O)c1sccc1[Si](C)(C)C. The van der Waals surface area contributed by atoms with Gasteiger partial charge in [0, 0.05) is 5.54 Å². The highest BCUT2D eigenvalue weighted by Gasteiger charge is 2.26. The van der Waals surface area contributed by atoms with Crippen molar-refractivity contribution in [3.05, 3.63) is 16.3 Å². The summed E-state index contributed by atoms with van der Waals surface area (Å²) in [7, 11) is -1.41. The summed E-state index contributed by atoms with van der Waals surface area (Å²) in [6.45, 7) is 12.8. The van der Waals surface area contributed by atoms with Gasteiger partial charge < -0.3 is 5.32 Å². The Morgan fingerprint density at radius 3 is 2.31 bits per heavy atom. The zero-order chi connectivity index (χ0) is 12.6. The Morgan fingerprint density at radius 2 is 1.88 bits per heavy atom. The number of rotatable bonds is 2. The second kappa shape index (κ2) is 4.34. The van der Waals surface area contributed by atoms with E-state index >= 15 is 0 Å². The first-order valence-electron chi connectivity index (χ1n) is 5.52. The van der Waals surface area contributed by atoms with Crippen molar-refractivity contribution >= 4 is 30.5 Å². The van der Waals surface area contributed by atoms with E-state index in [9.17, 15) is 4.79 Å². The maximum Gasteiger partial charge on any atom is 0.261 e. The van der Waals surface area contributed by atoms with Gasteiger partial charge in [-0.15, -0.1) is 11.3 Å². The monoisotopic (exact) mass is 255 g/mol. The van der Waals surface area contributed by atoms with E-state index in [1.54, 1.807) is 11.3 Å². The fraction of sp³-hybridized carbons (Fsp3) is 0.583. The fourth-order valence-corrected chi connectivity index (χ4v) is 4.76. The molecule has 2 nitrogen and oxygen atoms in total. The number of hydrogen-bond donors (Lipinski definition) is 1. The van der Waals surface area contributed by atoms with Crippen LogP contribution in [-0.2, 0) is 0 Å². The summed E-state index contributed by atoms with van der Waals surface area (Å²) in [4.78, 5) is 13.0. The summed E-state index contributed by atoms with van der Waals surface area (Å²) in [6.07, 6.45) is 0. The number of carbonyl (C=O) groups is 1. The van der Waals surface area contributed by atoms with Crippen molar-refractivity contribution in [3.8, 4) is 0 Å². The fourth-order valence-electron chi connectivity index (χ4n) is 1.47. The lowest BCUT2D eigenvalue weighted by molar-refractivity contribution is 0.0924. The van der Waals surface area contributed by atoms with Crippen molar-refractivity contribution in [3.63, 3.8) is 0 Å². The quantitative estimate of drug-likeness (QED) is 0.809. The third-order valence-electron chi connectivity index (χ3n) is 2.17. The molecule has 1 N–H and O–H groups in total. The predicted molar refractivity (Wildman–Crippen MR) is 74.5 cm³/mol. The van der Waals surface area contributed by atoms with Gasteiger partial charge in [-0.2, -0.15) is 0 Å². The van der Waals surface area contributed by atoms with Crippen molar-refractivity contribution in [2.24, 2.45) is 0 Å². The standard InChI is InChI=1S/C12H21NOSSi/c1-12(2,3)13-11(14)10-9(7-8-15-10)16(4,5)6/h7-8H,1-6H3,(H,13,14). The molecule has 1 heterocycles. The number of amides is 1. The minimum absolute atomic E-state index is 0.0694. The topological polar surface area (TPSA) is 29.1 Å². The molecule has 1 amide bonds. The molecular formula is C12H21NOSSi. The molecule has 16 heavy (non-hydrogen) atoms. The van der Waals surface area contributed by atoms with Crippen LogP contribution in [0.5, 0.6) is 0 Å². The first-order valence-corrected chi connectivity index (χ1v) is 9.90. The molecule has 1 aromatic rings. The van der Waals surface area contributed by atoms with E-state index in [0.717, 1.165) is 4.88 Å². The first-order chi connectivity index (χ1) is 7.11. The van der Waals surface area contributed by atoms with Crippen LogP contribution in [0.2, 0.25) is 19.6 Å². The summed E-state index contributed by atoms with van der Waals surface area (Å²) in [6, 6.07) is 2.11. The van der Waals surface area contributed by atoms with Crippen LogP contribution in [0.4, 0.5) is 0 Å². The smallest absolute Gasteiger partial charge is 0.261 e. The average molecular weight is 255 g/mol. The molecule has 90 valence electrons. The van der Waals surface area contributed by atoms with Crippen molar-refractivity contribution in [1.29, 1.82) is 0 Å². The highest BCUT2D eigenvalue weighted by molar-refractivity contribution is 7.14.